The smallest absolute Gasteiger partial charge is 0.308 e. The second-order valence-electron chi connectivity index (χ2n) is 5.46. The first-order valence-corrected chi connectivity index (χ1v) is 8.04. The quantitative estimate of drug-likeness (QED) is 0.239. The van der Waals surface area contributed by atoms with E-state index in [9.17, 15) is 19.7 Å². The molecule has 0 bridgehead atoms. The monoisotopic (exact) mass is 361 g/mol. The summed E-state index contributed by atoms with van der Waals surface area (Å²) in [5, 5.41) is 14.0. The highest BCUT2D eigenvalue weighted by Gasteiger charge is 2.16. The van der Waals surface area contributed by atoms with Gasteiger partial charge in [-0.3, -0.25) is 24.7 Å². The molecule has 138 valence electrons. The first kappa shape index (κ1) is 19.1. The van der Waals surface area contributed by atoms with E-state index < -0.39 is 10.9 Å². The summed E-state index contributed by atoms with van der Waals surface area (Å²) in [7, 11) is 0. The fraction of sp³-hybridized carbons (Fsp3) is 0.353. The predicted octanol–water partition coefficient (Wildman–Crippen LogP) is 2.33. The van der Waals surface area contributed by atoms with E-state index in [4.69, 9.17) is 9.47 Å². The Morgan fingerprint density at radius 1 is 1.27 bits per heavy atom. The summed E-state index contributed by atoms with van der Waals surface area (Å²) in [5.41, 5.74) is 0.254. The highest BCUT2D eigenvalue weighted by molar-refractivity contribution is 5.92. The van der Waals surface area contributed by atoms with Crippen LogP contribution in [0.25, 0.3) is 10.9 Å². The van der Waals surface area contributed by atoms with Crippen molar-refractivity contribution in [2.75, 3.05) is 13.3 Å². The number of benzene rings is 1. The van der Waals surface area contributed by atoms with Crippen molar-refractivity contribution in [2.45, 2.75) is 26.2 Å². The number of non-ortho nitro benzene ring substituents is 1. The molecule has 26 heavy (non-hydrogen) atoms. The summed E-state index contributed by atoms with van der Waals surface area (Å²) in [4.78, 5) is 37.0. The molecule has 0 aliphatic heterocycles. The minimum absolute atomic E-state index is 0.0726. The Hall–Kier alpha value is -3.23. The summed E-state index contributed by atoms with van der Waals surface area (Å²) in [6.45, 7) is 1.63. The number of carbonyl (C=O) groups is 2. The predicted molar refractivity (Wildman–Crippen MR) is 92.5 cm³/mol. The van der Waals surface area contributed by atoms with Crippen molar-refractivity contribution in [1.82, 2.24) is 10.3 Å². The Morgan fingerprint density at radius 2 is 2.08 bits per heavy atom. The van der Waals surface area contributed by atoms with E-state index in [0.717, 1.165) is 0 Å². The number of unbranched alkanes of at least 4 members (excludes halogenated alkanes) is 1. The Morgan fingerprint density at radius 3 is 2.81 bits per heavy atom. The maximum Gasteiger partial charge on any atom is 0.308 e. The Kier molecular flexibility index (Phi) is 6.84. The number of nitro benzene ring substituents is 1. The summed E-state index contributed by atoms with van der Waals surface area (Å²) >= 11 is 0. The second-order valence-corrected chi connectivity index (χ2v) is 5.46. The molecule has 1 amide bonds. The molecular weight excluding hydrogens is 342 g/mol. The maximum absolute atomic E-state index is 11.6. The highest BCUT2D eigenvalue weighted by atomic mass is 16.7. The van der Waals surface area contributed by atoms with Crippen molar-refractivity contribution in [3.05, 3.63) is 40.6 Å². The van der Waals surface area contributed by atoms with Gasteiger partial charge in [0, 0.05) is 32.2 Å². The van der Waals surface area contributed by atoms with Crippen LogP contribution in [-0.2, 0) is 14.3 Å². The molecule has 0 aliphatic rings. The number of hydrogen-bond acceptors (Lipinski definition) is 7. The lowest BCUT2D eigenvalue weighted by Gasteiger charge is -2.09. The molecule has 0 saturated heterocycles. The molecule has 0 atom stereocenters. The van der Waals surface area contributed by atoms with Crippen molar-refractivity contribution in [3.8, 4) is 5.75 Å². The van der Waals surface area contributed by atoms with Gasteiger partial charge in [-0.05, 0) is 31.0 Å². The number of hydrogen-bond donors (Lipinski definition) is 1. The van der Waals surface area contributed by atoms with Gasteiger partial charge in [-0.25, -0.2) is 0 Å². The third-order valence-corrected chi connectivity index (χ3v) is 3.52. The van der Waals surface area contributed by atoms with Crippen LogP contribution in [-0.4, -0.2) is 35.1 Å². The molecule has 0 radical (unpaired) electrons. The molecule has 2 aromatic rings. The van der Waals surface area contributed by atoms with Gasteiger partial charge in [0.05, 0.1) is 10.3 Å². The number of nitrogens with one attached hydrogen (secondary N) is 1. The number of rotatable bonds is 9. The van der Waals surface area contributed by atoms with Crippen LogP contribution in [0.15, 0.2) is 30.5 Å². The van der Waals surface area contributed by atoms with Crippen LogP contribution in [0.3, 0.4) is 0 Å². The Labute approximate surface area is 149 Å². The number of carbonyl (C=O) groups excluding carboxylic acids is 2. The molecule has 1 N–H and O–H groups in total. The number of fused-ring (bicyclic) bond motifs is 1. The minimum atomic E-state index is -0.491. The standard InChI is InChI=1S/C17H19N3O6/c1-12(21)18-9-3-2-6-16(22)26-11-25-15-8-7-14(20(23)24)13-5-4-10-19-17(13)15/h4-5,7-8,10H,2-3,6,9,11H2,1H3,(H,18,21). The van der Waals surface area contributed by atoms with Gasteiger partial charge in [-0.2, -0.15) is 0 Å². The largest absolute Gasteiger partial charge is 0.455 e. The summed E-state index contributed by atoms with van der Waals surface area (Å²) < 4.78 is 10.4. The van der Waals surface area contributed by atoms with E-state index in [1.165, 1.54) is 25.3 Å². The molecular formula is C17H19N3O6. The third-order valence-electron chi connectivity index (χ3n) is 3.52. The molecule has 1 heterocycles. The Bertz CT molecular complexity index is 808. The van der Waals surface area contributed by atoms with Crippen molar-refractivity contribution in [2.24, 2.45) is 0 Å². The molecule has 1 aromatic carbocycles. The highest BCUT2D eigenvalue weighted by Crippen LogP contribution is 2.31. The number of amides is 1. The van der Waals surface area contributed by atoms with Gasteiger partial charge in [0.2, 0.25) is 12.7 Å². The molecule has 9 nitrogen and oxygen atoms in total. The van der Waals surface area contributed by atoms with Crippen LogP contribution < -0.4 is 10.1 Å². The van der Waals surface area contributed by atoms with Gasteiger partial charge in [-0.1, -0.05) is 0 Å². The average molecular weight is 361 g/mol. The molecule has 0 aliphatic carbocycles. The average Bonchev–Trinajstić information content (AvgIpc) is 2.61. The van der Waals surface area contributed by atoms with Gasteiger partial charge in [0.15, 0.2) is 0 Å². The van der Waals surface area contributed by atoms with E-state index in [-0.39, 0.29) is 24.8 Å². The first-order chi connectivity index (χ1) is 12.5. The van der Waals surface area contributed by atoms with Crippen LogP contribution in [0.1, 0.15) is 26.2 Å². The van der Waals surface area contributed by atoms with Gasteiger partial charge >= 0.3 is 5.97 Å². The topological polar surface area (TPSA) is 121 Å². The number of aromatic nitrogens is 1. The van der Waals surface area contributed by atoms with E-state index in [0.29, 0.717) is 36.0 Å². The van der Waals surface area contributed by atoms with Crippen molar-refractivity contribution >= 4 is 28.5 Å². The maximum atomic E-state index is 11.6. The summed E-state index contributed by atoms with van der Waals surface area (Å²) in [6, 6.07) is 5.92. The van der Waals surface area contributed by atoms with E-state index in [1.54, 1.807) is 12.1 Å². The zero-order valence-electron chi connectivity index (χ0n) is 14.3. The molecule has 0 saturated carbocycles. The van der Waals surface area contributed by atoms with E-state index >= 15 is 0 Å². The molecule has 0 unspecified atom stereocenters. The number of esters is 1. The van der Waals surface area contributed by atoms with Gasteiger partial charge in [0.25, 0.3) is 5.69 Å². The summed E-state index contributed by atoms with van der Waals surface area (Å²) in [5.74, 6) is -0.235. The van der Waals surface area contributed by atoms with Crippen LogP contribution in [0.2, 0.25) is 0 Å². The zero-order valence-corrected chi connectivity index (χ0v) is 14.3. The normalized spacial score (nSPS) is 10.3. The lowest BCUT2D eigenvalue weighted by molar-refractivity contribution is -0.383. The number of ether oxygens (including phenoxy) is 2. The molecule has 2 rings (SSSR count). The van der Waals surface area contributed by atoms with E-state index in [1.807, 2.05) is 0 Å². The van der Waals surface area contributed by atoms with Crippen molar-refractivity contribution < 1.29 is 24.0 Å². The molecule has 0 spiro atoms. The van der Waals surface area contributed by atoms with Crippen LogP contribution in [0, 0.1) is 10.1 Å². The first-order valence-electron chi connectivity index (χ1n) is 8.04. The number of pyridine rings is 1. The van der Waals surface area contributed by atoms with Gasteiger partial charge in [0.1, 0.15) is 11.3 Å². The third kappa shape index (κ3) is 5.40. The van der Waals surface area contributed by atoms with Crippen LogP contribution >= 0.6 is 0 Å². The van der Waals surface area contributed by atoms with E-state index in [2.05, 4.69) is 10.3 Å². The number of nitro groups is 1. The fourth-order valence-electron chi connectivity index (χ4n) is 2.30. The summed E-state index contributed by atoms with van der Waals surface area (Å²) in [6.07, 6.45) is 2.97. The molecule has 1 aromatic heterocycles. The molecule has 0 fully saturated rings. The SMILES string of the molecule is CC(=O)NCCCCC(=O)OCOc1ccc([N+](=O)[O-])c2cccnc12. The van der Waals surface area contributed by atoms with Crippen molar-refractivity contribution in [1.29, 1.82) is 0 Å². The Balaban J connectivity index is 1.84. The van der Waals surface area contributed by atoms with Gasteiger partial charge < -0.3 is 14.8 Å². The van der Waals surface area contributed by atoms with Gasteiger partial charge in [-0.15, -0.1) is 0 Å². The second kappa shape index (κ2) is 9.30. The minimum Gasteiger partial charge on any atom is -0.455 e. The fourth-order valence-corrected chi connectivity index (χ4v) is 2.30. The lowest BCUT2D eigenvalue weighted by Crippen LogP contribution is -2.21. The van der Waals surface area contributed by atoms with Crippen LogP contribution in [0.4, 0.5) is 5.69 Å². The van der Waals surface area contributed by atoms with Crippen molar-refractivity contribution in [3.63, 3.8) is 0 Å². The lowest BCUT2D eigenvalue weighted by atomic mass is 10.1. The number of nitrogens with zero attached hydrogens (tertiary/aromatic N) is 2. The zero-order chi connectivity index (χ0) is 18.9. The van der Waals surface area contributed by atoms with Crippen LogP contribution in [0.5, 0.6) is 5.75 Å². The molecule has 9 heteroatoms.